The molecule has 2 atom stereocenters. The lowest BCUT2D eigenvalue weighted by Gasteiger charge is -1.91. The Bertz CT molecular complexity index is 193. The highest BCUT2D eigenvalue weighted by molar-refractivity contribution is 4.71. The fourth-order valence-corrected chi connectivity index (χ4v) is 1.79. The van der Waals surface area contributed by atoms with E-state index in [1.165, 1.54) is 38.5 Å². The Labute approximate surface area is 112 Å². The van der Waals surface area contributed by atoms with Crippen LogP contribution in [0.4, 0.5) is 0 Å². The SMILES string of the molecule is C=CCCCCC1CO1.C=CCCCCC1CO1. The van der Waals surface area contributed by atoms with Crippen molar-refractivity contribution in [1.29, 1.82) is 0 Å². The maximum Gasteiger partial charge on any atom is 0.0810 e. The van der Waals surface area contributed by atoms with Crippen molar-refractivity contribution < 1.29 is 9.47 Å². The van der Waals surface area contributed by atoms with E-state index >= 15 is 0 Å². The number of allylic oxidation sites excluding steroid dienone is 2. The zero-order valence-corrected chi connectivity index (χ0v) is 11.6. The van der Waals surface area contributed by atoms with E-state index in [-0.39, 0.29) is 0 Å². The second-order valence-electron chi connectivity index (χ2n) is 5.06. The van der Waals surface area contributed by atoms with Crippen LogP contribution in [0.5, 0.6) is 0 Å². The highest BCUT2D eigenvalue weighted by Crippen LogP contribution is 2.17. The lowest BCUT2D eigenvalue weighted by molar-refractivity contribution is 0.389. The first kappa shape index (κ1) is 15.5. The van der Waals surface area contributed by atoms with Gasteiger partial charge in [-0.25, -0.2) is 0 Å². The molecule has 2 rings (SSSR count). The Kier molecular flexibility index (Phi) is 8.87. The third-order valence-corrected chi connectivity index (χ3v) is 3.17. The molecule has 0 aromatic heterocycles. The standard InChI is InChI=1S/2C8H14O/c2*1-2-3-4-5-6-8-7-9-8/h2*2,8H,1,3-7H2. The zero-order valence-electron chi connectivity index (χ0n) is 11.6. The highest BCUT2D eigenvalue weighted by atomic mass is 16.6. The molecule has 2 aliphatic heterocycles. The van der Waals surface area contributed by atoms with Crippen LogP contribution in [0.15, 0.2) is 25.3 Å². The van der Waals surface area contributed by atoms with Gasteiger partial charge in [0.1, 0.15) is 0 Å². The molecular formula is C16H28O2. The van der Waals surface area contributed by atoms with Gasteiger partial charge in [-0.2, -0.15) is 0 Å². The van der Waals surface area contributed by atoms with Crippen molar-refractivity contribution in [2.75, 3.05) is 13.2 Å². The fourth-order valence-electron chi connectivity index (χ4n) is 1.79. The van der Waals surface area contributed by atoms with Crippen molar-refractivity contribution in [3.63, 3.8) is 0 Å². The monoisotopic (exact) mass is 252 g/mol. The van der Waals surface area contributed by atoms with Gasteiger partial charge in [0.25, 0.3) is 0 Å². The summed E-state index contributed by atoms with van der Waals surface area (Å²) in [5.41, 5.74) is 0. The normalized spacial score (nSPS) is 23.8. The predicted octanol–water partition coefficient (Wildman–Crippen LogP) is 4.26. The van der Waals surface area contributed by atoms with Crippen LogP contribution in [0.25, 0.3) is 0 Å². The van der Waals surface area contributed by atoms with Gasteiger partial charge in [-0.3, -0.25) is 0 Å². The van der Waals surface area contributed by atoms with Crippen molar-refractivity contribution in [1.82, 2.24) is 0 Å². The van der Waals surface area contributed by atoms with Crippen molar-refractivity contribution >= 4 is 0 Å². The molecule has 2 aliphatic rings. The Morgan fingerprint density at radius 2 is 1.17 bits per heavy atom. The average Bonchev–Trinajstić information content (AvgIpc) is 3.26. The Morgan fingerprint density at radius 1 is 0.778 bits per heavy atom. The van der Waals surface area contributed by atoms with E-state index in [4.69, 9.17) is 9.47 Å². The number of ether oxygens (including phenoxy) is 2. The molecule has 0 bridgehead atoms. The minimum absolute atomic E-state index is 0.620. The molecule has 2 nitrogen and oxygen atoms in total. The van der Waals surface area contributed by atoms with Crippen molar-refractivity contribution in [3.8, 4) is 0 Å². The zero-order chi connectivity index (χ0) is 13.1. The van der Waals surface area contributed by atoms with E-state index in [9.17, 15) is 0 Å². The number of hydrogen-bond acceptors (Lipinski definition) is 2. The molecule has 18 heavy (non-hydrogen) atoms. The lowest BCUT2D eigenvalue weighted by atomic mass is 10.1. The maximum atomic E-state index is 5.06. The van der Waals surface area contributed by atoms with Crippen LogP contribution in [0.1, 0.15) is 51.4 Å². The summed E-state index contributed by atoms with van der Waals surface area (Å²) in [7, 11) is 0. The topological polar surface area (TPSA) is 25.1 Å². The highest BCUT2D eigenvalue weighted by Gasteiger charge is 2.21. The molecule has 0 saturated carbocycles. The van der Waals surface area contributed by atoms with Gasteiger partial charge < -0.3 is 9.47 Å². The molecule has 0 amide bonds. The quantitative estimate of drug-likeness (QED) is 0.330. The number of rotatable bonds is 10. The van der Waals surface area contributed by atoms with E-state index in [0.29, 0.717) is 12.2 Å². The van der Waals surface area contributed by atoms with Crippen LogP contribution in [0, 0.1) is 0 Å². The van der Waals surface area contributed by atoms with Crippen LogP contribution >= 0.6 is 0 Å². The maximum absolute atomic E-state index is 5.06. The van der Waals surface area contributed by atoms with E-state index in [1.807, 2.05) is 12.2 Å². The first-order chi connectivity index (χ1) is 8.86. The third-order valence-electron chi connectivity index (χ3n) is 3.17. The summed E-state index contributed by atoms with van der Waals surface area (Å²) in [5.74, 6) is 0. The summed E-state index contributed by atoms with van der Waals surface area (Å²) >= 11 is 0. The molecule has 2 fully saturated rings. The van der Waals surface area contributed by atoms with Gasteiger partial charge >= 0.3 is 0 Å². The largest absolute Gasteiger partial charge is 0.373 e. The lowest BCUT2D eigenvalue weighted by Crippen LogP contribution is -1.83. The summed E-state index contributed by atoms with van der Waals surface area (Å²) in [6, 6.07) is 0. The molecule has 0 aliphatic carbocycles. The van der Waals surface area contributed by atoms with Crippen LogP contribution < -0.4 is 0 Å². The van der Waals surface area contributed by atoms with Crippen LogP contribution in [-0.4, -0.2) is 25.4 Å². The Balaban J connectivity index is 0.000000180. The van der Waals surface area contributed by atoms with Gasteiger partial charge in [-0.1, -0.05) is 25.0 Å². The molecule has 2 saturated heterocycles. The van der Waals surface area contributed by atoms with E-state index in [1.54, 1.807) is 0 Å². The summed E-state index contributed by atoms with van der Waals surface area (Å²) in [5, 5.41) is 0. The summed E-state index contributed by atoms with van der Waals surface area (Å²) in [6.45, 7) is 9.34. The Hall–Kier alpha value is -0.600. The second kappa shape index (κ2) is 10.3. The van der Waals surface area contributed by atoms with Crippen LogP contribution in [-0.2, 0) is 9.47 Å². The van der Waals surface area contributed by atoms with Gasteiger partial charge in [-0.05, 0) is 38.5 Å². The van der Waals surface area contributed by atoms with Gasteiger partial charge in [-0.15, -0.1) is 13.2 Å². The van der Waals surface area contributed by atoms with Crippen LogP contribution in [0.3, 0.4) is 0 Å². The fraction of sp³-hybridized carbons (Fsp3) is 0.750. The first-order valence-electron chi connectivity index (χ1n) is 7.31. The van der Waals surface area contributed by atoms with Crippen molar-refractivity contribution in [3.05, 3.63) is 25.3 Å². The van der Waals surface area contributed by atoms with Crippen molar-refractivity contribution in [2.45, 2.75) is 63.6 Å². The van der Waals surface area contributed by atoms with E-state index in [2.05, 4.69) is 13.2 Å². The van der Waals surface area contributed by atoms with Gasteiger partial charge in [0, 0.05) is 0 Å². The predicted molar refractivity (Wildman–Crippen MR) is 76.8 cm³/mol. The molecule has 2 unspecified atom stereocenters. The van der Waals surface area contributed by atoms with E-state index < -0.39 is 0 Å². The van der Waals surface area contributed by atoms with E-state index in [0.717, 1.165) is 26.1 Å². The smallest absolute Gasteiger partial charge is 0.0810 e. The Morgan fingerprint density at radius 3 is 1.44 bits per heavy atom. The first-order valence-corrected chi connectivity index (χ1v) is 7.31. The number of unbranched alkanes of at least 4 members (excludes halogenated alkanes) is 4. The number of epoxide rings is 2. The summed E-state index contributed by atoms with van der Waals surface area (Å²) in [6.07, 6.45) is 15.2. The minimum Gasteiger partial charge on any atom is -0.373 e. The van der Waals surface area contributed by atoms with Gasteiger partial charge in [0.15, 0.2) is 0 Å². The summed E-state index contributed by atoms with van der Waals surface area (Å²) < 4.78 is 10.1. The second-order valence-corrected chi connectivity index (χ2v) is 5.06. The molecule has 0 radical (unpaired) electrons. The van der Waals surface area contributed by atoms with Crippen molar-refractivity contribution in [2.24, 2.45) is 0 Å². The van der Waals surface area contributed by atoms with Gasteiger partial charge in [0.05, 0.1) is 25.4 Å². The average molecular weight is 252 g/mol. The molecule has 2 heteroatoms. The molecule has 0 N–H and O–H groups in total. The van der Waals surface area contributed by atoms with Gasteiger partial charge in [0.2, 0.25) is 0 Å². The van der Waals surface area contributed by atoms with Crippen LogP contribution in [0.2, 0.25) is 0 Å². The summed E-state index contributed by atoms with van der Waals surface area (Å²) in [4.78, 5) is 0. The molecular weight excluding hydrogens is 224 g/mol. The molecule has 2 heterocycles. The molecule has 0 aromatic rings. The molecule has 0 aromatic carbocycles. The molecule has 0 spiro atoms. The minimum atomic E-state index is 0.620. The number of hydrogen-bond donors (Lipinski definition) is 0. The molecule has 104 valence electrons. The third kappa shape index (κ3) is 10.5.